The van der Waals surface area contributed by atoms with Crippen molar-refractivity contribution in [1.29, 1.82) is 0 Å². The molecule has 1 heterocycles. The lowest BCUT2D eigenvalue weighted by atomic mass is 10.1. The van der Waals surface area contributed by atoms with Gasteiger partial charge in [-0.05, 0) is 19.9 Å². The van der Waals surface area contributed by atoms with Gasteiger partial charge in [0, 0.05) is 13.1 Å². The van der Waals surface area contributed by atoms with Crippen LogP contribution in [0.15, 0.2) is 0 Å². The Morgan fingerprint density at radius 3 is 2.75 bits per heavy atom. The average Bonchev–Trinajstić information content (AvgIpc) is 2.42. The first-order valence-electron chi connectivity index (χ1n) is 7.86. The van der Waals surface area contributed by atoms with Crippen LogP contribution in [0.25, 0.3) is 0 Å². The molecule has 1 aliphatic heterocycles. The Morgan fingerprint density at radius 2 is 2.05 bits per heavy atom. The third kappa shape index (κ3) is 5.90. The lowest BCUT2D eigenvalue weighted by Crippen LogP contribution is -2.56. The number of piperazine rings is 1. The predicted octanol–water partition coefficient (Wildman–Crippen LogP) is 1.71. The maximum atomic E-state index is 11.9. The zero-order valence-corrected chi connectivity index (χ0v) is 12.8. The predicted molar refractivity (Wildman–Crippen MR) is 78.4 cm³/mol. The molecule has 1 fully saturated rings. The van der Waals surface area contributed by atoms with Crippen LogP contribution in [-0.2, 0) is 14.3 Å². The van der Waals surface area contributed by atoms with Gasteiger partial charge in [-0.3, -0.25) is 14.5 Å². The van der Waals surface area contributed by atoms with Crippen molar-refractivity contribution in [2.45, 2.75) is 58.4 Å². The van der Waals surface area contributed by atoms with Gasteiger partial charge in [0.05, 0.1) is 19.1 Å². The standard InChI is InChI=1S/C15H28N2O3/c1-3-5-6-7-8-10-17-11-9-16-15(19)13(17)12-14(18)20-4-2/h13H,3-12H2,1-2H3,(H,16,19). The largest absolute Gasteiger partial charge is 0.466 e. The molecule has 1 aliphatic rings. The number of nitrogens with zero attached hydrogens (tertiary/aromatic N) is 1. The third-order valence-corrected chi connectivity index (χ3v) is 3.66. The van der Waals surface area contributed by atoms with Crippen molar-refractivity contribution in [3.05, 3.63) is 0 Å². The van der Waals surface area contributed by atoms with Crippen LogP contribution < -0.4 is 5.32 Å². The summed E-state index contributed by atoms with van der Waals surface area (Å²) in [6.07, 6.45) is 6.20. The van der Waals surface area contributed by atoms with Crippen molar-refractivity contribution in [2.75, 3.05) is 26.2 Å². The van der Waals surface area contributed by atoms with Gasteiger partial charge in [-0.15, -0.1) is 0 Å². The lowest BCUT2D eigenvalue weighted by Gasteiger charge is -2.34. The first-order chi connectivity index (χ1) is 9.69. The minimum atomic E-state index is -0.353. The maximum absolute atomic E-state index is 11.9. The van der Waals surface area contributed by atoms with E-state index < -0.39 is 0 Å². The molecule has 0 bridgehead atoms. The second-order valence-electron chi connectivity index (χ2n) is 5.27. The van der Waals surface area contributed by atoms with E-state index in [4.69, 9.17) is 4.74 Å². The molecule has 1 atom stereocenters. The topological polar surface area (TPSA) is 58.6 Å². The number of ether oxygens (including phenoxy) is 1. The molecule has 0 aromatic heterocycles. The van der Waals surface area contributed by atoms with E-state index in [0.29, 0.717) is 13.2 Å². The zero-order chi connectivity index (χ0) is 14.8. The Hall–Kier alpha value is -1.10. The number of rotatable bonds is 9. The van der Waals surface area contributed by atoms with Gasteiger partial charge < -0.3 is 10.1 Å². The molecule has 0 aromatic rings. The molecule has 5 heteroatoms. The van der Waals surface area contributed by atoms with Gasteiger partial charge in [-0.1, -0.05) is 32.6 Å². The van der Waals surface area contributed by atoms with Gasteiger partial charge in [0.2, 0.25) is 5.91 Å². The van der Waals surface area contributed by atoms with Crippen LogP contribution in [0.4, 0.5) is 0 Å². The number of carbonyl (C=O) groups is 2. The summed E-state index contributed by atoms with van der Waals surface area (Å²) < 4.78 is 4.95. The number of carbonyl (C=O) groups excluding carboxylic acids is 2. The summed E-state index contributed by atoms with van der Waals surface area (Å²) in [7, 11) is 0. The fourth-order valence-electron chi connectivity index (χ4n) is 2.55. The highest BCUT2D eigenvalue weighted by atomic mass is 16.5. The van der Waals surface area contributed by atoms with Gasteiger partial charge in [0.15, 0.2) is 0 Å². The summed E-state index contributed by atoms with van der Waals surface area (Å²) >= 11 is 0. The van der Waals surface area contributed by atoms with Gasteiger partial charge in [-0.25, -0.2) is 0 Å². The molecule has 1 unspecified atom stereocenters. The summed E-state index contributed by atoms with van der Waals surface area (Å²) in [4.78, 5) is 25.6. The van der Waals surface area contributed by atoms with Crippen LogP contribution in [0.5, 0.6) is 0 Å². The quantitative estimate of drug-likeness (QED) is 0.517. The fourth-order valence-corrected chi connectivity index (χ4v) is 2.55. The Labute approximate surface area is 122 Å². The highest BCUT2D eigenvalue weighted by Crippen LogP contribution is 2.12. The van der Waals surface area contributed by atoms with Crippen molar-refractivity contribution in [2.24, 2.45) is 0 Å². The minimum Gasteiger partial charge on any atom is -0.466 e. The Bertz CT molecular complexity index is 307. The molecule has 0 radical (unpaired) electrons. The summed E-state index contributed by atoms with van der Waals surface area (Å²) in [5.74, 6) is -0.330. The molecule has 0 spiro atoms. The van der Waals surface area contributed by atoms with E-state index in [-0.39, 0.29) is 24.3 Å². The minimum absolute atomic E-state index is 0.0436. The Kier molecular flexibility index (Phi) is 8.26. The van der Waals surface area contributed by atoms with Gasteiger partial charge in [-0.2, -0.15) is 0 Å². The van der Waals surface area contributed by atoms with Crippen molar-refractivity contribution >= 4 is 11.9 Å². The molecule has 0 saturated carbocycles. The molecule has 20 heavy (non-hydrogen) atoms. The van der Waals surface area contributed by atoms with Gasteiger partial charge >= 0.3 is 5.97 Å². The molecule has 116 valence electrons. The first kappa shape index (κ1) is 17.0. The smallest absolute Gasteiger partial charge is 0.307 e. The average molecular weight is 284 g/mol. The zero-order valence-electron chi connectivity index (χ0n) is 12.8. The molecule has 0 aliphatic carbocycles. The van der Waals surface area contributed by atoms with Crippen LogP contribution in [-0.4, -0.2) is 49.1 Å². The molecular weight excluding hydrogens is 256 g/mol. The van der Waals surface area contributed by atoms with Crippen molar-refractivity contribution < 1.29 is 14.3 Å². The SMILES string of the molecule is CCCCCCCN1CCNC(=O)C1CC(=O)OCC. The summed E-state index contributed by atoms with van der Waals surface area (Å²) in [5.41, 5.74) is 0. The normalized spacial score (nSPS) is 19.7. The Morgan fingerprint density at radius 1 is 1.30 bits per heavy atom. The van der Waals surface area contributed by atoms with Crippen LogP contribution in [0.1, 0.15) is 52.4 Å². The van der Waals surface area contributed by atoms with Crippen LogP contribution in [0, 0.1) is 0 Å². The maximum Gasteiger partial charge on any atom is 0.307 e. The van der Waals surface area contributed by atoms with Crippen molar-refractivity contribution in [3.8, 4) is 0 Å². The van der Waals surface area contributed by atoms with Gasteiger partial charge in [0.25, 0.3) is 0 Å². The van der Waals surface area contributed by atoms with Crippen molar-refractivity contribution in [1.82, 2.24) is 10.2 Å². The Balaban J connectivity index is 2.39. The number of amides is 1. The third-order valence-electron chi connectivity index (χ3n) is 3.66. The van der Waals surface area contributed by atoms with E-state index in [2.05, 4.69) is 17.1 Å². The summed E-state index contributed by atoms with van der Waals surface area (Å²) in [6.45, 7) is 6.73. The van der Waals surface area contributed by atoms with Gasteiger partial charge in [0.1, 0.15) is 0 Å². The van der Waals surface area contributed by atoms with Crippen LogP contribution >= 0.6 is 0 Å². The molecule has 1 N–H and O–H groups in total. The van der Waals surface area contributed by atoms with Crippen molar-refractivity contribution in [3.63, 3.8) is 0 Å². The monoisotopic (exact) mass is 284 g/mol. The molecular formula is C15H28N2O3. The van der Waals surface area contributed by atoms with Crippen LogP contribution in [0.3, 0.4) is 0 Å². The van der Waals surface area contributed by atoms with E-state index >= 15 is 0 Å². The summed E-state index contributed by atoms with van der Waals surface area (Å²) in [6, 6.07) is -0.353. The van der Waals surface area contributed by atoms with E-state index in [0.717, 1.165) is 19.5 Å². The number of esters is 1. The van der Waals surface area contributed by atoms with E-state index in [1.54, 1.807) is 6.92 Å². The highest BCUT2D eigenvalue weighted by molar-refractivity contribution is 5.87. The fraction of sp³-hybridized carbons (Fsp3) is 0.867. The molecule has 5 nitrogen and oxygen atoms in total. The number of hydrogen-bond donors (Lipinski definition) is 1. The van der Waals surface area contributed by atoms with E-state index in [1.807, 2.05) is 0 Å². The second-order valence-corrected chi connectivity index (χ2v) is 5.27. The number of unbranched alkanes of at least 4 members (excludes halogenated alkanes) is 4. The summed E-state index contributed by atoms with van der Waals surface area (Å²) in [5, 5.41) is 2.83. The lowest BCUT2D eigenvalue weighted by molar-refractivity contribution is -0.148. The number of hydrogen-bond acceptors (Lipinski definition) is 4. The molecule has 1 rings (SSSR count). The van der Waals surface area contributed by atoms with E-state index in [1.165, 1.54) is 25.7 Å². The second kappa shape index (κ2) is 9.75. The number of nitrogens with one attached hydrogen (secondary N) is 1. The molecule has 1 amide bonds. The molecule has 0 aromatic carbocycles. The van der Waals surface area contributed by atoms with Crippen LogP contribution in [0.2, 0.25) is 0 Å². The van der Waals surface area contributed by atoms with E-state index in [9.17, 15) is 9.59 Å². The first-order valence-corrected chi connectivity index (χ1v) is 7.86. The molecule has 1 saturated heterocycles. The highest BCUT2D eigenvalue weighted by Gasteiger charge is 2.31.